The van der Waals surface area contributed by atoms with Gasteiger partial charge in [0.1, 0.15) is 0 Å². The van der Waals surface area contributed by atoms with Crippen LogP contribution in [0, 0.1) is 0 Å². The van der Waals surface area contributed by atoms with Crippen molar-refractivity contribution in [3.05, 3.63) is 0 Å². The van der Waals surface area contributed by atoms with Gasteiger partial charge in [0.2, 0.25) is 5.91 Å². The fourth-order valence-electron chi connectivity index (χ4n) is 1.27. The van der Waals surface area contributed by atoms with Gasteiger partial charge in [0.25, 0.3) is 0 Å². The first-order valence-electron chi connectivity index (χ1n) is 4.50. The van der Waals surface area contributed by atoms with E-state index in [0.717, 1.165) is 11.7 Å². The van der Waals surface area contributed by atoms with Crippen LogP contribution < -0.4 is 3.53 Å². The summed E-state index contributed by atoms with van der Waals surface area (Å²) in [6.45, 7) is 0. The molecule has 0 aromatic rings. The van der Waals surface area contributed by atoms with E-state index in [1.54, 1.807) is 0 Å². The fraction of sp³-hybridized carbons (Fsp3) is 0.875. The summed E-state index contributed by atoms with van der Waals surface area (Å²) in [4.78, 5) is 10.9. The van der Waals surface area contributed by atoms with Crippen LogP contribution in [0.2, 0.25) is 0 Å². The quantitative estimate of drug-likeness (QED) is 0.363. The molecule has 1 aliphatic heterocycles. The van der Waals surface area contributed by atoms with Crippen LogP contribution >= 0.6 is 44.5 Å². The SMILES string of the molecule is O=C(CCCCC1CCSS1)NI. The van der Waals surface area contributed by atoms with E-state index in [2.05, 4.69) is 3.53 Å². The molecule has 1 amide bonds. The second-order valence-electron chi connectivity index (χ2n) is 3.09. The summed E-state index contributed by atoms with van der Waals surface area (Å²) in [6.07, 6.45) is 5.56. The minimum Gasteiger partial charge on any atom is -0.299 e. The maximum atomic E-state index is 10.9. The van der Waals surface area contributed by atoms with E-state index in [1.807, 2.05) is 44.5 Å². The van der Waals surface area contributed by atoms with Gasteiger partial charge in [-0.05, 0) is 19.3 Å². The molecule has 1 unspecified atom stereocenters. The predicted molar refractivity (Wildman–Crippen MR) is 69.1 cm³/mol. The third kappa shape index (κ3) is 5.37. The Labute approximate surface area is 101 Å². The molecule has 1 heterocycles. The van der Waals surface area contributed by atoms with Gasteiger partial charge < -0.3 is 0 Å². The summed E-state index contributed by atoms with van der Waals surface area (Å²) in [5.74, 6) is 1.47. The first-order chi connectivity index (χ1) is 6.33. The van der Waals surface area contributed by atoms with Crippen molar-refractivity contribution < 1.29 is 4.79 Å². The molecule has 1 aliphatic rings. The zero-order chi connectivity index (χ0) is 9.52. The van der Waals surface area contributed by atoms with Crippen LogP contribution in [-0.4, -0.2) is 16.9 Å². The molecule has 0 aromatic heterocycles. The monoisotopic (exact) mass is 331 g/mol. The number of hydrogen-bond acceptors (Lipinski definition) is 3. The molecule has 1 N–H and O–H groups in total. The highest BCUT2D eigenvalue weighted by Gasteiger charge is 2.15. The zero-order valence-electron chi connectivity index (χ0n) is 7.42. The van der Waals surface area contributed by atoms with Gasteiger partial charge in [0.15, 0.2) is 0 Å². The Kier molecular flexibility index (Phi) is 6.65. The van der Waals surface area contributed by atoms with Crippen molar-refractivity contribution >= 4 is 50.4 Å². The molecule has 0 saturated carbocycles. The van der Waals surface area contributed by atoms with E-state index in [9.17, 15) is 4.79 Å². The summed E-state index contributed by atoms with van der Waals surface area (Å²) in [5, 5.41) is 0.854. The van der Waals surface area contributed by atoms with Crippen molar-refractivity contribution in [1.82, 2.24) is 3.53 Å². The highest BCUT2D eigenvalue weighted by atomic mass is 127. The number of amides is 1. The normalized spacial score (nSPS) is 21.8. The number of hydrogen-bond donors (Lipinski definition) is 1. The minimum atomic E-state index is 0.161. The molecule has 0 aliphatic carbocycles. The third-order valence-corrected chi connectivity index (χ3v) is 5.62. The Morgan fingerprint density at radius 1 is 1.54 bits per heavy atom. The number of carbonyl (C=O) groups is 1. The van der Waals surface area contributed by atoms with Crippen LogP contribution in [-0.2, 0) is 4.79 Å². The van der Waals surface area contributed by atoms with E-state index in [-0.39, 0.29) is 5.91 Å². The van der Waals surface area contributed by atoms with Crippen LogP contribution in [0.15, 0.2) is 0 Å². The maximum absolute atomic E-state index is 10.9. The average molecular weight is 331 g/mol. The second-order valence-corrected chi connectivity index (χ2v) is 6.42. The number of unbranched alkanes of at least 4 members (excludes halogenated alkanes) is 1. The molecule has 0 bridgehead atoms. The number of carbonyl (C=O) groups excluding carboxylic acids is 1. The van der Waals surface area contributed by atoms with Gasteiger partial charge in [-0.25, -0.2) is 0 Å². The lowest BCUT2D eigenvalue weighted by Gasteiger charge is -2.05. The highest BCUT2D eigenvalue weighted by Crippen LogP contribution is 2.39. The molecule has 0 radical (unpaired) electrons. The minimum absolute atomic E-state index is 0.161. The molecule has 0 spiro atoms. The number of nitrogens with one attached hydrogen (secondary N) is 1. The lowest BCUT2D eigenvalue weighted by Crippen LogP contribution is -2.10. The van der Waals surface area contributed by atoms with Crippen LogP contribution in [0.5, 0.6) is 0 Å². The van der Waals surface area contributed by atoms with Crippen LogP contribution in [0.4, 0.5) is 0 Å². The standard InChI is InChI=1S/C8H14INOS2/c9-10-8(11)4-2-1-3-7-5-6-12-13-7/h7H,1-6H2,(H,10,11). The largest absolute Gasteiger partial charge is 0.299 e. The Morgan fingerprint density at radius 3 is 3.00 bits per heavy atom. The predicted octanol–water partition coefficient (Wildman–Crippen LogP) is 3.17. The van der Waals surface area contributed by atoms with Gasteiger partial charge >= 0.3 is 0 Å². The van der Waals surface area contributed by atoms with Crippen molar-refractivity contribution in [2.75, 3.05) is 5.75 Å². The van der Waals surface area contributed by atoms with E-state index in [0.29, 0.717) is 6.42 Å². The molecule has 1 atom stereocenters. The molecule has 76 valence electrons. The van der Waals surface area contributed by atoms with E-state index < -0.39 is 0 Å². The molecule has 2 nitrogen and oxygen atoms in total. The first kappa shape index (κ1) is 12.0. The van der Waals surface area contributed by atoms with Crippen molar-refractivity contribution in [1.29, 1.82) is 0 Å². The van der Waals surface area contributed by atoms with Gasteiger partial charge in [0, 0.05) is 17.4 Å². The average Bonchev–Trinajstić information content (AvgIpc) is 2.64. The smallest absolute Gasteiger partial charge is 0.228 e. The number of rotatable bonds is 5. The summed E-state index contributed by atoms with van der Waals surface area (Å²) >= 11 is 1.90. The summed E-state index contributed by atoms with van der Waals surface area (Å²) in [5.41, 5.74) is 0. The summed E-state index contributed by atoms with van der Waals surface area (Å²) in [6, 6.07) is 0. The fourth-order valence-corrected chi connectivity index (χ4v) is 4.57. The van der Waals surface area contributed by atoms with Crippen molar-refractivity contribution in [3.63, 3.8) is 0 Å². The molecule has 13 heavy (non-hydrogen) atoms. The van der Waals surface area contributed by atoms with E-state index >= 15 is 0 Å². The first-order valence-corrected chi connectivity index (χ1v) is 7.97. The van der Waals surface area contributed by atoms with Crippen molar-refractivity contribution in [2.24, 2.45) is 0 Å². The molecule has 1 saturated heterocycles. The lowest BCUT2D eigenvalue weighted by molar-refractivity contribution is -0.118. The molecule has 0 aromatic carbocycles. The Hall–Kier alpha value is 0.900. The Balaban J connectivity index is 1.91. The topological polar surface area (TPSA) is 29.1 Å². The molecular weight excluding hydrogens is 317 g/mol. The Bertz CT molecular complexity index is 162. The van der Waals surface area contributed by atoms with Gasteiger partial charge in [-0.2, -0.15) is 0 Å². The van der Waals surface area contributed by atoms with E-state index in [1.165, 1.54) is 25.0 Å². The second kappa shape index (κ2) is 7.23. The van der Waals surface area contributed by atoms with Gasteiger partial charge in [0.05, 0.1) is 22.9 Å². The summed E-state index contributed by atoms with van der Waals surface area (Å²) in [7, 11) is 4.01. The maximum Gasteiger partial charge on any atom is 0.228 e. The highest BCUT2D eigenvalue weighted by molar-refractivity contribution is 14.1. The number of halogens is 1. The summed E-state index contributed by atoms with van der Waals surface area (Å²) < 4.78 is 2.62. The molecule has 5 heteroatoms. The van der Waals surface area contributed by atoms with Crippen LogP contribution in [0.3, 0.4) is 0 Å². The van der Waals surface area contributed by atoms with Crippen molar-refractivity contribution in [2.45, 2.75) is 37.4 Å². The zero-order valence-corrected chi connectivity index (χ0v) is 11.2. The van der Waals surface area contributed by atoms with Crippen LogP contribution in [0.1, 0.15) is 32.1 Å². The lowest BCUT2D eigenvalue weighted by atomic mass is 10.1. The van der Waals surface area contributed by atoms with Crippen LogP contribution in [0.25, 0.3) is 0 Å². The molecular formula is C8H14INOS2. The third-order valence-electron chi connectivity index (χ3n) is 2.01. The Morgan fingerprint density at radius 2 is 2.38 bits per heavy atom. The van der Waals surface area contributed by atoms with Gasteiger partial charge in [-0.1, -0.05) is 28.0 Å². The van der Waals surface area contributed by atoms with Crippen molar-refractivity contribution in [3.8, 4) is 0 Å². The molecule has 1 fully saturated rings. The van der Waals surface area contributed by atoms with Gasteiger partial charge in [-0.15, -0.1) is 0 Å². The van der Waals surface area contributed by atoms with Gasteiger partial charge in [-0.3, -0.25) is 8.32 Å². The molecule has 1 rings (SSSR count). The van der Waals surface area contributed by atoms with E-state index in [4.69, 9.17) is 0 Å².